The number of carboxylic acids is 1. The largest absolute Gasteiger partial charge is 0.480 e. The molecule has 2 N–H and O–H groups in total. The molecule has 1 fully saturated rings. The third-order valence-electron chi connectivity index (χ3n) is 5.85. The Kier molecular flexibility index (Phi) is 7.73. The second kappa shape index (κ2) is 10.9. The second-order valence-corrected chi connectivity index (χ2v) is 8.94. The van der Waals surface area contributed by atoms with Gasteiger partial charge in [0.1, 0.15) is 11.9 Å². The van der Waals surface area contributed by atoms with Gasteiger partial charge in [0.2, 0.25) is 0 Å². The van der Waals surface area contributed by atoms with Crippen LogP contribution in [-0.4, -0.2) is 54.2 Å². The van der Waals surface area contributed by atoms with Crippen LogP contribution in [0.5, 0.6) is 0 Å². The molecular formula is C25H23Cl2FN4O3. The van der Waals surface area contributed by atoms with Gasteiger partial charge in [-0.1, -0.05) is 29.3 Å². The molecule has 0 aliphatic carbocycles. The molecular weight excluding hydrogens is 494 g/mol. The summed E-state index contributed by atoms with van der Waals surface area (Å²) >= 11 is 12.1. The SMILES string of the molecule is O=C(N[C@@H](Cc1ccc(N2CCN(c3ccc(F)cc3)CC2)cn1)C(=O)O)c1c(Cl)cccc1Cl. The summed E-state index contributed by atoms with van der Waals surface area (Å²) in [7, 11) is 0. The molecule has 3 aromatic rings. The van der Waals surface area contributed by atoms with Gasteiger partial charge in [0, 0.05) is 44.0 Å². The third kappa shape index (κ3) is 6.01. The first kappa shape index (κ1) is 24.8. The van der Waals surface area contributed by atoms with Gasteiger partial charge in [-0.05, 0) is 48.5 Å². The zero-order chi connectivity index (χ0) is 24.9. The predicted molar refractivity (Wildman–Crippen MR) is 134 cm³/mol. The standard InChI is InChI=1S/C25H23Cl2FN4O3/c26-20-2-1-3-21(27)23(20)24(33)30-22(25(34)35)14-17-6-9-19(15-29-17)32-12-10-31(11-13-32)18-7-4-16(28)5-8-18/h1-9,15,22H,10-14H2,(H,30,33)(H,34,35)/t22-/m0/s1. The van der Waals surface area contributed by atoms with E-state index in [9.17, 15) is 19.1 Å². The molecule has 7 nitrogen and oxygen atoms in total. The number of nitrogens with one attached hydrogen (secondary N) is 1. The number of nitrogens with zero attached hydrogens (tertiary/aromatic N) is 3. The molecule has 2 heterocycles. The molecule has 1 saturated heterocycles. The third-order valence-corrected chi connectivity index (χ3v) is 6.48. The highest BCUT2D eigenvalue weighted by atomic mass is 35.5. The van der Waals surface area contributed by atoms with Crippen molar-refractivity contribution in [2.75, 3.05) is 36.0 Å². The molecule has 0 unspecified atom stereocenters. The van der Waals surface area contributed by atoms with Crippen molar-refractivity contribution in [2.24, 2.45) is 0 Å². The molecule has 1 amide bonds. The molecule has 0 bridgehead atoms. The lowest BCUT2D eigenvalue weighted by molar-refractivity contribution is -0.139. The van der Waals surface area contributed by atoms with Gasteiger partial charge in [0.25, 0.3) is 5.91 Å². The molecule has 1 atom stereocenters. The number of piperazine rings is 1. The first-order valence-corrected chi connectivity index (χ1v) is 11.8. The minimum absolute atomic E-state index is 0.00176. The Morgan fingerprint density at radius 2 is 1.51 bits per heavy atom. The maximum atomic E-state index is 13.2. The Balaban J connectivity index is 1.36. The van der Waals surface area contributed by atoms with E-state index in [-0.39, 0.29) is 27.8 Å². The van der Waals surface area contributed by atoms with Crippen molar-refractivity contribution >= 4 is 46.5 Å². The topological polar surface area (TPSA) is 85.8 Å². The Bertz CT molecular complexity index is 1180. The number of aromatic nitrogens is 1. The number of benzene rings is 2. The number of hydrogen-bond donors (Lipinski definition) is 2. The van der Waals surface area contributed by atoms with Gasteiger partial charge in [-0.15, -0.1) is 0 Å². The summed E-state index contributed by atoms with van der Waals surface area (Å²) in [6.45, 7) is 3.10. The summed E-state index contributed by atoms with van der Waals surface area (Å²) in [5, 5.41) is 12.4. The summed E-state index contributed by atoms with van der Waals surface area (Å²) in [6.07, 6.45) is 1.70. The number of amides is 1. The summed E-state index contributed by atoms with van der Waals surface area (Å²) in [5.41, 5.74) is 2.47. The quantitative estimate of drug-likeness (QED) is 0.487. The van der Waals surface area contributed by atoms with E-state index in [0.717, 1.165) is 37.6 Å². The van der Waals surface area contributed by atoms with Crippen LogP contribution in [-0.2, 0) is 11.2 Å². The van der Waals surface area contributed by atoms with Crippen molar-refractivity contribution in [3.8, 4) is 0 Å². The molecule has 10 heteroatoms. The van der Waals surface area contributed by atoms with Crippen LogP contribution in [0.3, 0.4) is 0 Å². The van der Waals surface area contributed by atoms with Gasteiger partial charge >= 0.3 is 5.97 Å². The zero-order valence-electron chi connectivity index (χ0n) is 18.6. The molecule has 0 spiro atoms. The van der Waals surface area contributed by atoms with Crippen LogP contribution < -0.4 is 15.1 Å². The van der Waals surface area contributed by atoms with Gasteiger partial charge in [0.05, 0.1) is 27.5 Å². The van der Waals surface area contributed by atoms with E-state index in [4.69, 9.17) is 23.2 Å². The van der Waals surface area contributed by atoms with E-state index in [1.54, 1.807) is 30.5 Å². The fourth-order valence-electron chi connectivity index (χ4n) is 3.95. The van der Waals surface area contributed by atoms with Crippen molar-refractivity contribution in [1.82, 2.24) is 10.3 Å². The molecule has 182 valence electrons. The molecule has 0 saturated carbocycles. The van der Waals surface area contributed by atoms with E-state index < -0.39 is 17.9 Å². The molecule has 35 heavy (non-hydrogen) atoms. The number of anilines is 2. The monoisotopic (exact) mass is 516 g/mol. The number of pyridine rings is 1. The van der Waals surface area contributed by atoms with E-state index in [1.807, 2.05) is 6.07 Å². The lowest BCUT2D eigenvalue weighted by Gasteiger charge is -2.37. The molecule has 0 radical (unpaired) electrons. The summed E-state index contributed by atoms with van der Waals surface area (Å²) in [5.74, 6) is -2.11. The van der Waals surface area contributed by atoms with Crippen LogP contribution in [0.15, 0.2) is 60.8 Å². The van der Waals surface area contributed by atoms with Gasteiger partial charge in [-0.2, -0.15) is 0 Å². The number of carboxylic acid groups (broad SMARTS) is 1. The van der Waals surface area contributed by atoms with E-state index >= 15 is 0 Å². The average Bonchev–Trinajstić information content (AvgIpc) is 2.84. The smallest absolute Gasteiger partial charge is 0.326 e. The van der Waals surface area contributed by atoms with Crippen LogP contribution in [0.2, 0.25) is 10.0 Å². The van der Waals surface area contributed by atoms with E-state index in [1.165, 1.54) is 24.3 Å². The highest BCUT2D eigenvalue weighted by molar-refractivity contribution is 6.39. The molecule has 2 aromatic carbocycles. The Labute approximate surface area is 212 Å². The highest BCUT2D eigenvalue weighted by Crippen LogP contribution is 2.24. The molecule has 4 rings (SSSR count). The summed E-state index contributed by atoms with van der Waals surface area (Å²) < 4.78 is 13.2. The Hall–Kier alpha value is -3.36. The van der Waals surface area contributed by atoms with Gasteiger partial charge in [-0.3, -0.25) is 9.78 Å². The van der Waals surface area contributed by atoms with E-state index in [0.29, 0.717) is 5.69 Å². The van der Waals surface area contributed by atoms with Crippen LogP contribution in [0.25, 0.3) is 0 Å². The fourth-order valence-corrected chi connectivity index (χ4v) is 4.52. The normalized spacial score (nSPS) is 14.5. The van der Waals surface area contributed by atoms with E-state index in [2.05, 4.69) is 20.1 Å². The first-order chi connectivity index (χ1) is 16.8. The number of rotatable bonds is 7. The summed E-state index contributed by atoms with van der Waals surface area (Å²) in [6, 6.07) is 13.5. The van der Waals surface area contributed by atoms with Crippen molar-refractivity contribution in [3.63, 3.8) is 0 Å². The Morgan fingerprint density at radius 1 is 0.943 bits per heavy atom. The highest BCUT2D eigenvalue weighted by Gasteiger charge is 2.24. The van der Waals surface area contributed by atoms with Crippen LogP contribution in [0.1, 0.15) is 16.1 Å². The molecule has 1 aliphatic heterocycles. The second-order valence-electron chi connectivity index (χ2n) is 8.12. The minimum Gasteiger partial charge on any atom is -0.480 e. The van der Waals surface area contributed by atoms with Crippen LogP contribution in [0, 0.1) is 5.82 Å². The van der Waals surface area contributed by atoms with Crippen molar-refractivity contribution in [2.45, 2.75) is 12.5 Å². The van der Waals surface area contributed by atoms with Crippen LogP contribution in [0.4, 0.5) is 15.8 Å². The number of carbonyl (C=O) groups excluding carboxylic acids is 1. The van der Waals surface area contributed by atoms with Gasteiger partial charge < -0.3 is 20.2 Å². The number of aliphatic carboxylic acids is 1. The van der Waals surface area contributed by atoms with Crippen molar-refractivity contribution < 1.29 is 19.1 Å². The number of halogens is 3. The fraction of sp³-hybridized carbons (Fsp3) is 0.240. The molecule has 1 aromatic heterocycles. The number of carbonyl (C=O) groups is 2. The van der Waals surface area contributed by atoms with Gasteiger partial charge in [0.15, 0.2) is 0 Å². The predicted octanol–water partition coefficient (Wildman–Crippen LogP) is 4.28. The number of hydrogen-bond acceptors (Lipinski definition) is 5. The first-order valence-electron chi connectivity index (χ1n) is 11.0. The Morgan fingerprint density at radius 3 is 2.06 bits per heavy atom. The average molecular weight is 517 g/mol. The zero-order valence-corrected chi connectivity index (χ0v) is 20.1. The van der Waals surface area contributed by atoms with Crippen molar-refractivity contribution in [1.29, 1.82) is 0 Å². The molecule has 1 aliphatic rings. The lowest BCUT2D eigenvalue weighted by atomic mass is 10.1. The minimum atomic E-state index is -1.20. The maximum absolute atomic E-state index is 13.2. The van der Waals surface area contributed by atoms with Crippen molar-refractivity contribution in [3.05, 3.63) is 87.9 Å². The lowest BCUT2D eigenvalue weighted by Crippen LogP contribution is -2.46. The van der Waals surface area contributed by atoms with Gasteiger partial charge in [-0.25, -0.2) is 9.18 Å². The maximum Gasteiger partial charge on any atom is 0.326 e. The summed E-state index contributed by atoms with van der Waals surface area (Å²) in [4.78, 5) is 33.2. The van der Waals surface area contributed by atoms with Crippen LogP contribution >= 0.6 is 23.2 Å².